The van der Waals surface area contributed by atoms with Gasteiger partial charge in [-0.2, -0.15) is 0 Å². The first-order valence-corrected chi connectivity index (χ1v) is 3.96. The Hall–Kier alpha value is -0.570. The van der Waals surface area contributed by atoms with Gasteiger partial charge in [0.05, 0.1) is 0 Å². The van der Waals surface area contributed by atoms with Gasteiger partial charge in [-0.25, -0.2) is 0 Å². The lowest BCUT2D eigenvalue weighted by atomic mass is 10.3. The summed E-state index contributed by atoms with van der Waals surface area (Å²) >= 11 is 0. The number of nitrogens with zero attached hydrogens (tertiary/aromatic N) is 1. The van der Waals surface area contributed by atoms with E-state index in [1.54, 1.807) is 0 Å². The summed E-state index contributed by atoms with van der Waals surface area (Å²) in [7, 11) is 1.00. The minimum absolute atomic E-state index is 0.324. The number of aliphatic hydroxyl groups is 1. The van der Waals surface area contributed by atoms with Gasteiger partial charge in [0.1, 0.15) is 0 Å². The van der Waals surface area contributed by atoms with Crippen LogP contribution in [0.1, 0.15) is 26.7 Å². The van der Waals surface area contributed by atoms with E-state index in [0.29, 0.717) is 11.9 Å². The second-order valence-corrected chi connectivity index (χ2v) is 2.78. The highest BCUT2D eigenvalue weighted by Gasteiger charge is 2.21. The monoisotopic (exact) mass is 159 g/mol. The van der Waals surface area contributed by atoms with Crippen LogP contribution in [0.4, 0.5) is 0 Å². The van der Waals surface area contributed by atoms with Crippen LogP contribution in [0.25, 0.3) is 0 Å². The van der Waals surface area contributed by atoms with Gasteiger partial charge in [0.15, 0.2) is 0 Å². The molecule has 0 aromatic carbocycles. The van der Waals surface area contributed by atoms with Crippen LogP contribution in [0.15, 0.2) is 0 Å². The molecule has 0 atom stereocenters. The normalized spacial score (nSPS) is 16.8. The third-order valence-corrected chi connectivity index (χ3v) is 1.73. The minimum Gasteiger partial charge on any atom is -0.400 e. The molecule has 0 bridgehead atoms. The largest absolute Gasteiger partial charge is 0.400 e. The Morgan fingerprint density at radius 1 is 1.45 bits per heavy atom. The van der Waals surface area contributed by atoms with Crippen molar-refractivity contribution < 1.29 is 9.90 Å². The van der Waals surface area contributed by atoms with E-state index in [0.717, 1.165) is 26.5 Å². The zero-order chi connectivity index (χ0) is 8.85. The molecular weight excluding hydrogens is 142 g/mol. The molecule has 1 aliphatic rings. The molecule has 0 aromatic rings. The average Bonchev–Trinajstić information content (AvgIpc) is 2.39. The lowest BCUT2D eigenvalue weighted by Gasteiger charge is -2.19. The van der Waals surface area contributed by atoms with Crippen LogP contribution in [0, 0.1) is 0 Å². The van der Waals surface area contributed by atoms with Crippen LogP contribution in [0.5, 0.6) is 0 Å². The van der Waals surface area contributed by atoms with Gasteiger partial charge in [0, 0.05) is 26.1 Å². The zero-order valence-electron chi connectivity index (χ0n) is 7.50. The lowest BCUT2D eigenvalue weighted by Crippen LogP contribution is -2.31. The van der Waals surface area contributed by atoms with E-state index in [1.165, 1.54) is 0 Å². The standard InChI is InChI=1S/C7H13NO.CH4O/c1-6(2)8-5-3-4-7(8)9;1-2/h6H,3-5H2,1-2H3;2H,1H3. The topological polar surface area (TPSA) is 40.5 Å². The van der Waals surface area contributed by atoms with E-state index >= 15 is 0 Å². The Morgan fingerprint density at radius 3 is 2.18 bits per heavy atom. The molecule has 0 saturated carbocycles. The Kier molecular flexibility index (Phi) is 4.86. The number of hydrogen-bond acceptors (Lipinski definition) is 2. The second-order valence-electron chi connectivity index (χ2n) is 2.78. The van der Waals surface area contributed by atoms with Crippen molar-refractivity contribution in [3.05, 3.63) is 0 Å². The smallest absolute Gasteiger partial charge is 0.222 e. The fraction of sp³-hybridized carbons (Fsp3) is 0.875. The zero-order valence-corrected chi connectivity index (χ0v) is 7.50. The van der Waals surface area contributed by atoms with Crippen molar-refractivity contribution >= 4 is 5.91 Å². The van der Waals surface area contributed by atoms with Crippen LogP contribution in [-0.4, -0.2) is 35.6 Å². The van der Waals surface area contributed by atoms with Crippen LogP contribution in [-0.2, 0) is 4.79 Å². The lowest BCUT2D eigenvalue weighted by molar-refractivity contribution is -0.129. The van der Waals surface area contributed by atoms with Gasteiger partial charge >= 0.3 is 0 Å². The molecule has 66 valence electrons. The molecule has 1 heterocycles. The van der Waals surface area contributed by atoms with E-state index < -0.39 is 0 Å². The number of amides is 1. The van der Waals surface area contributed by atoms with E-state index in [9.17, 15) is 4.79 Å². The minimum atomic E-state index is 0.324. The Bertz CT molecular complexity index is 123. The number of rotatable bonds is 1. The summed E-state index contributed by atoms with van der Waals surface area (Å²) in [6, 6.07) is 0.403. The molecule has 1 saturated heterocycles. The molecule has 0 radical (unpaired) electrons. The predicted molar refractivity (Wildman–Crippen MR) is 44.2 cm³/mol. The third kappa shape index (κ3) is 2.89. The summed E-state index contributed by atoms with van der Waals surface area (Å²) in [5.74, 6) is 0.324. The highest BCUT2D eigenvalue weighted by Crippen LogP contribution is 2.12. The predicted octanol–water partition coefficient (Wildman–Crippen LogP) is 0.626. The van der Waals surface area contributed by atoms with Crippen molar-refractivity contribution in [1.29, 1.82) is 0 Å². The molecule has 3 heteroatoms. The SMILES string of the molecule is CC(C)N1CCCC1=O.CO. The maximum Gasteiger partial charge on any atom is 0.222 e. The van der Waals surface area contributed by atoms with E-state index in [4.69, 9.17) is 5.11 Å². The molecule has 1 N–H and O–H groups in total. The molecule has 3 nitrogen and oxygen atoms in total. The van der Waals surface area contributed by atoms with Crippen molar-refractivity contribution in [2.24, 2.45) is 0 Å². The quantitative estimate of drug-likeness (QED) is 0.609. The summed E-state index contributed by atoms with van der Waals surface area (Å²) in [5.41, 5.74) is 0. The Balaban J connectivity index is 0.000000461. The first kappa shape index (κ1) is 10.4. The van der Waals surface area contributed by atoms with Gasteiger partial charge in [-0.05, 0) is 20.3 Å². The van der Waals surface area contributed by atoms with Crippen LogP contribution >= 0.6 is 0 Å². The number of carbonyl (C=O) groups excluding carboxylic acids is 1. The van der Waals surface area contributed by atoms with E-state index in [1.807, 2.05) is 4.90 Å². The molecule has 0 spiro atoms. The molecule has 0 unspecified atom stereocenters. The van der Waals surface area contributed by atoms with Crippen LogP contribution in [0.2, 0.25) is 0 Å². The number of carbonyl (C=O) groups is 1. The Labute approximate surface area is 68.0 Å². The van der Waals surface area contributed by atoms with Crippen LogP contribution < -0.4 is 0 Å². The molecule has 1 rings (SSSR count). The molecule has 1 aliphatic heterocycles. The molecular formula is C8H17NO2. The van der Waals surface area contributed by atoms with Gasteiger partial charge in [-0.15, -0.1) is 0 Å². The second kappa shape index (κ2) is 5.13. The number of likely N-dealkylation sites (tertiary alicyclic amines) is 1. The first-order chi connectivity index (χ1) is 5.22. The number of aliphatic hydroxyl groups excluding tert-OH is 1. The van der Waals surface area contributed by atoms with Crippen LogP contribution in [0.3, 0.4) is 0 Å². The maximum absolute atomic E-state index is 10.9. The highest BCUT2D eigenvalue weighted by atomic mass is 16.2. The van der Waals surface area contributed by atoms with Gasteiger partial charge in [-0.1, -0.05) is 0 Å². The van der Waals surface area contributed by atoms with E-state index in [-0.39, 0.29) is 0 Å². The molecule has 0 aliphatic carbocycles. The van der Waals surface area contributed by atoms with Crippen molar-refractivity contribution in [2.75, 3.05) is 13.7 Å². The van der Waals surface area contributed by atoms with Crippen molar-refractivity contribution in [1.82, 2.24) is 4.90 Å². The van der Waals surface area contributed by atoms with Gasteiger partial charge in [0.2, 0.25) is 5.91 Å². The van der Waals surface area contributed by atoms with Gasteiger partial charge in [0.25, 0.3) is 0 Å². The van der Waals surface area contributed by atoms with Gasteiger partial charge < -0.3 is 10.0 Å². The number of hydrogen-bond donors (Lipinski definition) is 1. The highest BCUT2D eigenvalue weighted by molar-refractivity contribution is 5.78. The average molecular weight is 159 g/mol. The molecule has 0 aromatic heterocycles. The molecule has 11 heavy (non-hydrogen) atoms. The van der Waals surface area contributed by atoms with Crippen molar-refractivity contribution in [3.8, 4) is 0 Å². The van der Waals surface area contributed by atoms with Crippen molar-refractivity contribution in [3.63, 3.8) is 0 Å². The van der Waals surface area contributed by atoms with Gasteiger partial charge in [-0.3, -0.25) is 4.79 Å². The summed E-state index contributed by atoms with van der Waals surface area (Å²) in [5, 5.41) is 7.00. The summed E-state index contributed by atoms with van der Waals surface area (Å²) in [6.07, 6.45) is 1.81. The van der Waals surface area contributed by atoms with Crippen molar-refractivity contribution in [2.45, 2.75) is 32.7 Å². The third-order valence-electron chi connectivity index (χ3n) is 1.73. The Morgan fingerprint density at radius 2 is 2.00 bits per heavy atom. The fourth-order valence-corrected chi connectivity index (χ4v) is 1.22. The van der Waals surface area contributed by atoms with E-state index in [2.05, 4.69) is 13.8 Å². The maximum atomic E-state index is 10.9. The molecule has 1 amide bonds. The molecule has 1 fully saturated rings. The fourth-order valence-electron chi connectivity index (χ4n) is 1.22. The summed E-state index contributed by atoms with van der Waals surface area (Å²) in [4.78, 5) is 12.9. The first-order valence-electron chi connectivity index (χ1n) is 3.96. The summed E-state index contributed by atoms with van der Waals surface area (Å²) in [6.45, 7) is 5.09. The summed E-state index contributed by atoms with van der Waals surface area (Å²) < 4.78 is 0.